The highest BCUT2D eigenvalue weighted by atomic mass is 32.1. The molecule has 0 spiro atoms. The number of H-pyrrole nitrogens is 2. The Morgan fingerprint density at radius 1 is 0.750 bits per heavy atom. The Balaban J connectivity index is 1.21. The van der Waals surface area contributed by atoms with E-state index in [9.17, 15) is 0 Å². The Morgan fingerprint density at radius 2 is 1.36 bits per heavy atom. The summed E-state index contributed by atoms with van der Waals surface area (Å²) >= 11 is 1.86. The van der Waals surface area contributed by atoms with Gasteiger partial charge < -0.3 is 20.6 Å². The highest BCUT2D eigenvalue weighted by Gasteiger charge is 2.21. The zero-order chi connectivity index (χ0) is 24.1. The van der Waals surface area contributed by atoms with Crippen molar-refractivity contribution in [1.29, 1.82) is 0 Å². The zero-order valence-electron chi connectivity index (χ0n) is 20.4. The Labute approximate surface area is 214 Å². The number of fused-ring (bicyclic) bond motifs is 1. The summed E-state index contributed by atoms with van der Waals surface area (Å²) < 4.78 is 1.31. The van der Waals surface area contributed by atoms with Gasteiger partial charge in [0.2, 0.25) is 0 Å². The molecule has 6 nitrogen and oxygen atoms in total. The smallest absolute Gasteiger partial charge is 0.123 e. The van der Waals surface area contributed by atoms with Gasteiger partial charge in [-0.05, 0) is 68.5 Å². The van der Waals surface area contributed by atoms with Gasteiger partial charge in [-0.1, -0.05) is 36.4 Å². The van der Waals surface area contributed by atoms with Gasteiger partial charge in [-0.2, -0.15) is 0 Å². The maximum absolute atomic E-state index is 4.71. The molecule has 36 heavy (non-hydrogen) atoms. The van der Waals surface area contributed by atoms with Gasteiger partial charge in [0.05, 0.1) is 35.9 Å². The Bertz CT molecular complexity index is 1510. The number of aromatic nitrogens is 4. The summed E-state index contributed by atoms with van der Waals surface area (Å²) in [6.07, 6.45) is 8.67. The average molecular weight is 495 g/mol. The lowest BCUT2D eigenvalue weighted by molar-refractivity contribution is 0.613. The first-order valence-electron chi connectivity index (χ1n) is 12.9. The van der Waals surface area contributed by atoms with E-state index in [1.807, 2.05) is 23.7 Å². The molecule has 2 aromatic carbocycles. The van der Waals surface area contributed by atoms with E-state index >= 15 is 0 Å². The molecule has 182 valence electrons. The number of hydrogen-bond acceptors (Lipinski definition) is 5. The molecule has 0 amide bonds. The molecule has 0 radical (unpaired) electrons. The fourth-order valence-corrected chi connectivity index (χ4v) is 6.75. The van der Waals surface area contributed by atoms with E-state index in [1.165, 1.54) is 44.5 Å². The van der Waals surface area contributed by atoms with Crippen LogP contribution in [0.15, 0.2) is 54.9 Å². The Kier molecular flexibility index (Phi) is 5.49. The largest absolute Gasteiger partial charge is 0.341 e. The number of rotatable bonds is 5. The van der Waals surface area contributed by atoms with E-state index in [1.54, 1.807) is 0 Å². The number of benzene rings is 2. The molecule has 2 unspecified atom stereocenters. The number of aryl methyl sites for hydroxylation is 1. The third kappa shape index (κ3) is 3.88. The summed E-state index contributed by atoms with van der Waals surface area (Å²) in [5.41, 5.74) is 7.05. The number of imidazole rings is 2. The third-order valence-electron chi connectivity index (χ3n) is 7.58. The number of thiophene rings is 1. The molecule has 7 heteroatoms. The van der Waals surface area contributed by atoms with E-state index in [0.717, 1.165) is 54.5 Å². The SMILES string of the molecule is Cc1cc2c(-c3ccc(-c4cnc(C5CCCN5)[nH]4)cc3)ccc(-c3cnc(C4CCCN4)[nH]3)c2s1. The van der Waals surface area contributed by atoms with Crippen molar-refractivity contribution in [3.63, 3.8) is 0 Å². The summed E-state index contributed by atoms with van der Waals surface area (Å²) in [4.78, 5) is 17.8. The monoisotopic (exact) mass is 494 g/mol. The van der Waals surface area contributed by atoms with Crippen LogP contribution in [-0.4, -0.2) is 33.0 Å². The first-order valence-corrected chi connectivity index (χ1v) is 13.8. The van der Waals surface area contributed by atoms with Gasteiger partial charge in [-0.3, -0.25) is 0 Å². The summed E-state index contributed by atoms with van der Waals surface area (Å²) in [5, 5.41) is 8.36. The second kappa shape index (κ2) is 9.00. The first kappa shape index (κ1) is 22.0. The van der Waals surface area contributed by atoms with E-state index < -0.39 is 0 Å². The molecule has 2 aliphatic rings. The first-order chi connectivity index (χ1) is 17.7. The average Bonchev–Trinajstić information content (AvgIpc) is 3.73. The molecule has 5 heterocycles. The van der Waals surface area contributed by atoms with Crippen LogP contribution in [0.1, 0.15) is 54.3 Å². The number of hydrogen-bond donors (Lipinski definition) is 4. The maximum Gasteiger partial charge on any atom is 0.123 e. The van der Waals surface area contributed by atoms with Crippen molar-refractivity contribution in [3.8, 4) is 33.6 Å². The summed E-state index contributed by atoms with van der Waals surface area (Å²) in [6.45, 7) is 4.34. The van der Waals surface area contributed by atoms with Crippen molar-refractivity contribution < 1.29 is 0 Å². The van der Waals surface area contributed by atoms with Gasteiger partial charge in [-0.25, -0.2) is 9.97 Å². The molecule has 2 atom stereocenters. The molecule has 5 aromatic rings. The predicted molar refractivity (Wildman–Crippen MR) is 147 cm³/mol. The minimum atomic E-state index is 0.345. The summed E-state index contributed by atoms with van der Waals surface area (Å²) in [5.74, 6) is 2.09. The molecule has 2 fully saturated rings. The van der Waals surface area contributed by atoms with Crippen LogP contribution in [0.25, 0.3) is 43.7 Å². The molecule has 2 aliphatic heterocycles. The lowest BCUT2D eigenvalue weighted by Gasteiger charge is -2.09. The fraction of sp³-hybridized carbons (Fsp3) is 0.310. The topological polar surface area (TPSA) is 81.4 Å². The van der Waals surface area contributed by atoms with Crippen molar-refractivity contribution in [2.24, 2.45) is 0 Å². The Hall–Kier alpha value is -3.26. The second-order valence-electron chi connectivity index (χ2n) is 10.00. The fourth-order valence-electron chi connectivity index (χ4n) is 5.69. The van der Waals surface area contributed by atoms with Crippen molar-refractivity contribution in [2.75, 3.05) is 13.1 Å². The van der Waals surface area contributed by atoms with E-state index in [4.69, 9.17) is 4.98 Å². The quantitative estimate of drug-likeness (QED) is 0.225. The van der Waals surface area contributed by atoms with Crippen LogP contribution in [0.5, 0.6) is 0 Å². The van der Waals surface area contributed by atoms with Crippen LogP contribution < -0.4 is 10.6 Å². The molecule has 3 aromatic heterocycles. The molecule has 0 saturated carbocycles. The second-order valence-corrected chi connectivity index (χ2v) is 11.3. The van der Waals surface area contributed by atoms with Crippen molar-refractivity contribution >= 4 is 21.4 Å². The normalized spacial score (nSPS) is 20.0. The number of aromatic amines is 2. The van der Waals surface area contributed by atoms with Crippen LogP contribution in [-0.2, 0) is 0 Å². The third-order valence-corrected chi connectivity index (χ3v) is 8.66. The minimum Gasteiger partial charge on any atom is -0.341 e. The molecule has 7 rings (SSSR count). The predicted octanol–water partition coefficient (Wildman–Crippen LogP) is 6.51. The van der Waals surface area contributed by atoms with Crippen molar-refractivity contribution in [2.45, 2.75) is 44.7 Å². The minimum absolute atomic E-state index is 0.345. The maximum atomic E-state index is 4.71. The van der Waals surface area contributed by atoms with E-state index in [0.29, 0.717) is 12.1 Å². The number of nitrogens with one attached hydrogen (secondary N) is 4. The lowest BCUT2D eigenvalue weighted by Crippen LogP contribution is -2.14. The van der Waals surface area contributed by atoms with Gasteiger partial charge in [0.25, 0.3) is 0 Å². The van der Waals surface area contributed by atoms with Gasteiger partial charge in [0.15, 0.2) is 0 Å². The van der Waals surface area contributed by atoms with Gasteiger partial charge in [-0.15, -0.1) is 11.3 Å². The highest BCUT2D eigenvalue weighted by Crippen LogP contribution is 2.40. The molecular formula is C29H30N6S. The molecule has 2 saturated heterocycles. The summed E-state index contributed by atoms with van der Waals surface area (Å²) in [6, 6.07) is 16.4. The van der Waals surface area contributed by atoms with Gasteiger partial charge >= 0.3 is 0 Å². The van der Waals surface area contributed by atoms with Gasteiger partial charge in [0.1, 0.15) is 11.6 Å². The highest BCUT2D eigenvalue weighted by molar-refractivity contribution is 7.19. The molecular weight excluding hydrogens is 464 g/mol. The van der Waals surface area contributed by atoms with Crippen LogP contribution >= 0.6 is 11.3 Å². The zero-order valence-corrected chi connectivity index (χ0v) is 21.2. The molecule has 0 aliphatic carbocycles. The van der Waals surface area contributed by atoms with Crippen molar-refractivity contribution in [1.82, 2.24) is 30.6 Å². The van der Waals surface area contributed by atoms with Gasteiger partial charge in [0, 0.05) is 20.5 Å². The van der Waals surface area contributed by atoms with Crippen molar-refractivity contribution in [3.05, 3.63) is 71.4 Å². The van der Waals surface area contributed by atoms with E-state index in [2.05, 4.69) is 75.0 Å². The van der Waals surface area contributed by atoms with Crippen LogP contribution in [0.2, 0.25) is 0 Å². The van der Waals surface area contributed by atoms with Crippen LogP contribution in [0.4, 0.5) is 0 Å². The molecule has 4 N–H and O–H groups in total. The Morgan fingerprint density at radius 3 is 2.03 bits per heavy atom. The van der Waals surface area contributed by atoms with Crippen LogP contribution in [0, 0.1) is 6.92 Å². The van der Waals surface area contributed by atoms with E-state index in [-0.39, 0.29) is 0 Å². The summed E-state index contributed by atoms with van der Waals surface area (Å²) in [7, 11) is 0. The molecule has 0 bridgehead atoms. The lowest BCUT2D eigenvalue weighted by atomic mass is 9.97. The standard InChI is InChI=1S/C29H30N6S/c1-17-14-22-20(10-11-21(27(22)36-17)26-16-33-29(35-26)24-5-3-13-31-24)18-6-8-19(9-7-18)25-15-32-28(34-25)23-4-2-12-30-23/h6-11,14-16,23-24,30-31H,2-5,12-13H2,1H3,(H,32,34)(H,33,35). The number of nitrogens with zero attached hydrogens (tertiary/aromatic N) is 2. The van der Waals surface area contributed by atoms with Crippen LogP contribution in [0.3, 0.4) is 0 Å².